The molecule has 1 aliphatic heterocycles. The van der Waals surface area contributed by atoms with Crippen LogP contribution in [0.25, 0.3) is 21.9 Å². The van der Waals surface area contributed by atoms with Crippen molar-refractivity contribution in [2.45, 2.75) is 25.7 Å². The molecule has 1 fully saturated rings. The predicted octanol–water partition coefficient (Wildman–Crippen LogP) is 7.23. The fourth-order valence-electron chi connectivity index (χ4n) is 4.89. The van der Waals surface area contributed by atoms with E-state index in [1.807, 2.05) is 42.5 Å². The van der Waals surface area contributed by atoms with Gasteiger partial charge in [-0.1, -0.05) is 55.0 Å². The summed E-state index contributed by atoms with van der Waals surface area (Å²) in [6, 6.07) is 24.4. The van der Waals surface area contributed by atoms with Crippen LogP contribution in [0.1, 0.15) is 30.4 Å². The van der Waals surface area contributed by atoms with Gasteiger partial charge in [0.2, 0.25) is 0 Å². The van der Waals surface area contributed by atoms with Crippen molar-refractivity contribution in [2.24, 2.45) is 0 Å². The molecule has 1 N–H and O–H groups in total. The number of fused-ring (bicyclic) bond motifs is 1. The van der Waals surface area contributed by atoms with E-state index in [0.717, 1.165) is 39.8 Å². The van der Waals surface area contributed by atoms with E-state index in [4.69, 9.17) is 4.74 Å². The molecule has 1 heterocycles. The van der Waals surface area contributed by atoms with Crippen LogP contribution in [0, 0.1) is 5.82 Å². The molecule has 35 heavy (non-hydrogen) atoms. The van der Waals surface area contributed by atoms with Crippen LogP contribution in [-0.2, 0) is 6.42 Å². The Balaban J connectivity index is 0.00000289. The van der Waals surface area contributed by atoms with Crippen LogP contribution in [0.4, 0.5) is 4.39 Å². The first-order valence-electron chi connectivity index (χ1n) is 12.1. The molecule has 5 rings (SSSR count). The third-order valence-corrected chi connectivity index (χ3v) is 6.71. The number of phenolic OH excluding ortho intramolecular Hbond substituents is 1. The number of hydrogen-bond acceptors (Lipinski definition) is 3. The van der Waals surface area contributed by atoms with Gasteiger partial charge in [0.25, 0.3) is 0 Å². The lowest BCUT2D eigenvalue weighted by atomic mass is 9.90. The van der Waals surface area contributed by atoms with Crippen LogP contribution in [0.3, 0.4) is 0 Å². The first kappa shape index (κ1) is 25.0. The molecule has 3 nitrogen and oxygen atoms in total. The number of benzene rings is 4. The van der Waals surface area contributed by atoms with Crippen molar-refractivity contribution in [3.63, 3.8) is 0 Å². The molecule has 0 spiro atoms. The molecular formula is C30H31ClFNO2. The molecule has 0 unspecified atom stereocenters. The first-order chi connectivity index (χ1) is 16.7. The summed E-state index contributed by atoms with van der Waals surface area (Å²) < 4.78 is 20.7. The van der Waals surface area contributed by atoms with Crippen molar-refractivity contribution in [3.05, 3.63) is 95.8 Å². The molecule has 0 bridgehead atoms. The summed E-state index contributed by atoms with van der Waals surface area (Å²) in [5.41, 5.74) is 3.63. The smallest absolute Gasteiger partial charge is 0.131 e. The Bertz CT molecular complexity index is 1270. The summed E-state index contributed by atoms with van der Waals surface area (Å²) in [5.74, 6) is 0.861. The molecule has 0 radical (unpaired) electrons. The Morgan fingerprint density at radius 3 is 2.37 bits per heavy atom. The largest absolute Gasteiger partial charge is 0.508 e. The lowest BCUT2D eigenvalue weighted by Crippen LogP contribution is -2.33. The molecule has 0 aromatic heterocycles. The Morgan fingerprint density at radius 2 is 1.60 bits per heavy atom. The maximum absolute atomic E-state index is 14.7. The average molecular weight is 492 g/mol. The van der Waals surface area contributed by atoms with E-state index in [2.05, 4.69) is 17.0 Å². The number of piperidine rings is 1. The fraction of sp³-hybridized carbons (Fsp3) is 0.267. The molecule has 0 aliphatic carbocycles. The average Bonchev–Trinajstić information content (AvgIpc) is 2.86. The third-order valence-electron chi connectivity index (χ3n) is 6.71. The number of likely N-dealkylation sites (tertiary alicyclic amines) is 1. The molecule has 5 heteroatoms. The van der Waals surface area contributed by atoms with E-state index in [9.17, 15) is 9.50 Å². The van der Waals surface area contributed by atoms with E-state index >= 15 is 0 Å². The summed E-state index contributed by atoms with van der Waals surface area (Å²) >= 11 is 0. The predicted molar refractivity (Wildman–Crippen MR) is 143 cm³/mol. The summed E-state index contributed by atoms with van der Waals surface area (Å²) in [4.78, 5) is 2.47. The van der Waals surface area contributed by atoms with Gasteiger partial charge in [0.05, 0.1) is 0 Å². The van der Waals surface area contributed by atoms with Gasteiger partial charge in [-0.05, 0) is 90.1 Å². The normalized spacial score (nSPS) is 14.0. The highest BCUT2D eigenvalue weighted by molar-refractivity contribution is 5.93. The van der Waals surface area contributed by atoms with Gasteiger partial charge >= 0.3 is 0 Å². The van der Waals surface area contributed by atoms with Gasteiger partial charge in [0.15, 0.2) is 0 Å². The second kappa shape index (κ2) is 11.6. The van der Waals surface area contributed by atoms with Crippen LogP contribution in [-0.4, -0.2) is 36.2 Å². The molecule has 0 saturated carbocycles. The number of aromatic hydroxyl groups is 1. The SMILES string of the molecule is Cl.Oc1ccc2c(Cc3ccc(OCCN4CCCCC4)cc3)c(-c3ccccc3F)ccc2c1. The summed E-state index contributed by atoms with van der Waals surface area (Å²) in [7, 11) is 0. The first-order valence-corrected chi connectivity index (χ1v) is 12.1. The van der Waals surface area contributed by atoms with Crippen molar-refractivity contribution < 1.29 is 14.2 Å². The van der Waals surface area contributed by atoms with E-state index in [1.54, 1.807) is 18.2 Å². The number of ether oxygens (including phenoxy) is 1. The highest BCUT2D eigenvalue weighted by Gasteiger charge is 2.14. The van der Waals surface area contributed by atoms with Crippen molar-refractivity contribution in [1.82, 2.24) is 4.90 Å². The minimum Gasteiger partial charge on any atom is -0.508 e. The Kier molecular flexibility index (Phi) is 8.27. The van der Waals surface area contributed by atoms with Gasteiger partial charge in [0, 0.05) is 12.1 Å². The molecule has 0 amide bonds. The van der Waals surface area contributed by atoms with Crippen molar-refractivity contribution in [3.8, 4) is 22.6 Å². The summed E-state index contributed by atoms with van der Waals surface area (Å²) in [5, 5.41) is 11.9. The second-order valence-corrected chi connectivity index (χ2v) is 9.05. The molecule has 0 atom stereocenters. The highest BCUT2D eigenvalue weighted by atomic mass is 35.5. The number of phenols is 1. The number of hydrogen-bond donors (Lipinski definition) is 1. The van der Waals surface area contributed by atoms with Crippen LogP contribution in [0.15, 0.2) is 78.9 Å². The van der Waals surface area contributed by atoms with Gasteiger partial charge in [-0.3, -0.25) is 4.90 Å². The van der Waals surface area contributed by atoms with Gasteiger partial charge in [-0.15, -0.1) is 12.4 Å². The molecule has 1 aliphatic rings. The molecule has 1 saturated heterocycles. The van der Waals surface area contributed by atoms with E-state index in [0.29, 0.717) is 18.6 Å². The number of halogens is 2. The van der Waals surface area contributed by atoms with Gasteiger partial charge in [-0.2, -0.15) is 0 Å². The Hall–Kier alpha value is -3.08. The molecule has 4 aromatic carbocycles. The molecular weight excluding hydrogens is 461 g/mol. The molecule has 4 aromatic rings. The second-order valence-electron chi connectivity index (χ2n) is 9.05. The maximum Gasteiger partial charge on any atom is 0.131 e. The van der Waals surface area contributed by atoms with Crippen LogP contribution in [0.2, 0.25) is 0 Å². The Morgan fingerprint density at radius 1 is 0.829 bits per heavy atom. The lowest BCUT2D eigenvalue weighted by molar-refractivity contribution is 0.183. The number of rotatable bonds is 7. The van der Waals surface area contributed by atoms with Crippen LogP contribution < -0.4 is 4.74 Å². The fourth-order valence-corrected chi connectivity index (χ4v) is 4.89. The van der Waals surface area contributed by atoms with E-state index in [-0.39, 0.29) is 24.0 Å². The minimum atomic E-state index is -0.237. The maximum atomic E-state index is 14.7. The van der Waals surface area contributed by atoms with Gasteiger partial charge < -0.3 is 9.84 Å². The number of nitrogens with zero attached hydrogens (tertiary/aromatic N) is 1. The summed E-state index contributed by atoms with van der Waals surface area (Å²) in [6.45, 7) is 4.02. The van der Waals surface area contributed by atoms with Crippen molar-refractivity contribution in [1.29, 1.82) is 0 Å². The summed E-state index contributed by atoms with van der Waals surface area (Å²) in [6.07, 6.45) is 4.57. The van der Waals surface area contributed by atoms with E-state index in [1.165, 1.54) is 38.4 Å². The standard InChI is InChI=1S/C30H30FNO2.ClH/c31-30-7-3-2-6-28(30)27-14-10-23-21-24(33)11-15-26(23)29(27)20-22-8-12-25(13-9-22)34-19-18-32-16-4-1-5-17-32;/h2-3,6-15,21,33H,1,4-5,16-20H2;1H. The van der Waals surface area contributed by atoms with Crippen molar-refractivity contribution in [2.75, 3.05) is 26.2 Å². The monoisotopic (exact) mass is 491 g/mol. The topological polar surface area (TPSA) is 32.7 Å². The zero-order valence-electron chi connectivity index (χ0n) is 19.8. The van der Waals surface area contributed by atoms with Crippen LogP contribution in [0.5, 0.6) is 11.5 Å². The van der Waals surface area contributed by atoms with Crippen LogP contribution >= 0.6 is 12.4 Å². The lowest BCUT2D eigenvalue weighted by Gasteiger charge is -2.26. The van der Waals surface area contributed by atoms with Gasteiger partial charge in [-0.25, -0.2) is 4.39 Å². The zero-order chi connectivity index (χ0) is 23.3. The quantitative estimate of drug-likeness (QED) is 0.296. The Labute approximate surface area is 212 Å². The van der Waals surface area contributed by atoms with Crippen molar-refractivity contribution >= 4 is 23.2 Å². The third kappa shape index (κ3) is 5.95. The minimum absolute atomic E-state index is 0. The zero-order valence-corrected chi connectivity index (χ0v) is 20.6. The van der Waals surface area contributed by atoms with E-state index < -0.39 is 0 Å². The molecule has 182 valence electrons. The highest BCUT2D eigenvalue weighted by Crippen LogP contribution is 2.35. The van der Waals surface area contributed by atoms with Gasteiger partial charge in [0.1, 0.15) is 23.9 Å².